The number of benzene rings is 2. The molecule has 4 heteroatoms. The Balaban J connectivity index is 2.35. The summed E-state index contributed by atoms with van der Waals surface area (Å²) in [7, 11) is 0. The molecule has 0 fully saturated rings. The Morgan fingerprint density at radius 1 is 1.12 bits per heavy atom. The van der Waals surface area contributed by atoms with Gasteiger partial charge in [0.2, 0.25) is 0 Å². The molecule has 1 amide bonds. The Kier molecular flexibility index (Phi) is 2.09. The average molecular weight is 226 g/mol. The molecule has 0 unspecified atom stereocenters. The monoisotopic (exact) mass is 226 g/mol. The number of nitrogens with two attached hydrogens (primary N) is 1. The Bertz CT molecular complexity index is 716. The molecular formula is C13H10N2O2. The van der Waals surface area contributed by atoms with Crippen molar-refractivity contribution >= 4 is 27.6 Å². The minimum atomic E-state index is -0.426. The zero-order chi connectivity index (χ0) is 11.8. The molecule has 0 spiro atoms. The van der Waals surface area contributed by atoms with Crippen LogP contribution in [0.4, 0.5) is 0 Å². The Morgan fingerprint density at radius 2 is 1.88 bits per heavy atom. The fraction of sp³-hybridized carbons (Fsp3) is 0. The van der Waals surface area contributed by atoms with E-state index in [2.05, 4.69) is 5.43 Å². The van der Waals surface area contributed by atoms with Crippen LogP contribution in [0.2, 0.25) is 0 Å². The number of hydrogen-bond acceptors (Lipinski definition) is 3. The van der Waals surface area contributed by atoms with Gasteiger partial charge in [-0.25, -0.2) is 5.84 Å². The Labute approximate surface area is 97.0 Å². The van der Waals surface area contributed by atoms with Crippen LogP contribution in [0.25, 0.3) is 21.7 Å². The molecule has 0 aliphatic heterocycles. The smallest absolute Gasteiger partial charge is 0.300 e. The van der Waals surface area contributed by atoms with Crippen LogP contribution in [0.3, 0.4) is 0 Å². The lowest BCUT2D eigenvalue weighted by molar-refractivity contribution is 0.0928. The van der Waals surface area contributed by atoms with E-state index >= 15 is 0 Å². The Hall–Kier alpha value is -2.33. The van der Waals surface area contributed by atoms with Gasteiger partial charge < -0.3 is 4.42 Å². The first-order valence-electron chi connectivity index (χ1n) is 5.22. The molecule has 0 atom stereocenters. The van der Waals surface area contributed by atoms with Crippen LogP contribution in [-0.4, -0.2) is 5.91 Å². The molecule has 3 aromatic rings. The van der Waals surface area contributed by atoms with Crippen molar-refractivity contribution in [3.05, 3.63) is 48.2 Å². The molecule has 1 aromatic heterocycles. The third kappa shape index (κ3) is 1.46. The number of furan rings is 1. The second-order valence-electron chi connectivity index (χ2n) is 3.79. The van der Waals surface area contributed by atoms with E-state index in [0.717, 1.165) is 16.2 Å². The van der Waals surface area contributed by atoms with Crippen LogP contribution < -0.4 is 11.3 Å². The third-order valence-electron chi connectivity index (χ3n) is 2.76. The first-order chi connectivity index (χ1) is 8.29. The van der Waals surface area contributed by atoms with Crippen LogP contribution in [0, 0.1) is 0 Å². The number of carbonyl (C=O) groups is 1. The highest BCUT2D eigenvalue weighted by Gasteiger charge is 2.12. The number of nitrogens with one attached hydrogen (secondary N) is 1. The second-order valence-corrected chi connectivity index (χ2v) is 3.79. The van der Waals surface area contributed by atoms with Crippen LogP contribution in [0.1, 0.15) is 10.6 Å². The van der Waals surface area contributed by atoms with E-state index in [1.54, 1.807) is 6.07 Å². The summed E-state index contributed by atoms with van der Waals surface area (Å²) in [5, 5.41) is 2.96. The normalized spacial score (nSPS) is 10.9. The Morgan fingerprint density at radius 3 is 2.71 bits per heavy atom. The highest BCUT2D eigenvalue weighted by atomic mass is 16.3. The minimum absolute atomic E-state index is 0.221. The lowest BCUT2D eigenvalue weighted by Crippen LogP contribution is -2.29. The van der Waals surface area contributed by atoms with Gasteiger partial charge in [-0.2, -0.15) is 0 Å². The van der Waals surface area contributed by atoms with Gasteiger partial charge in [0.25, 0.3) is 0 Å². The molecule has 0 aliphatic carbocycles. The van der Waals surface area contributed by atoms with E-state index in [9.17, 15) is 4.79 Å². The highest BCUT2D eigenvalue weighted by Crippen LogP contribution is 2.27. The number of hydrazine groups is 1. The molecule has 84 valence electrons. The maximum Gasteiger partial charge on any atom is 0.300 e. The number of carbonyl (C=O) groups excluding carboxylic acids is 1. The minimum Gasteiger partial charge on any atom is -0.450 e. The van der Waals surface area contributed by atoms with Crippen LogP contribution in [0.5, 0.6) is 0 Å². The van der Waals surface area contributed by atoms with E-state index in [4.69, 9.17) is 10.3 Å². The molecule has 0 saturated heterocycles. The van der Waals surface area contributed by atoms with Crippen molar-refractivity contribution in [1.82, 2.24) is 5.43 Å². The largest absolute Gasteiger partial charge is 0.450 e. The summed E-state index contributed by atoms with van der Waals surface area (Å²) < 4.78 is 5.54. The van der Waals surface area contributed by atoms with Crippen molar-refractivity contribution in [2.75, 3.05) is 0 Å². The molecule has 0 radical (unpaired) electrons. The van der Waals surface area contributed by atoms with Crippen molar-refractivity contribution in [3.8, 4) is 0 Å². The first-order valence-corrected chi connectivity index (χ1v) is 5.22. The zero-order valence-corrected chi connectivity index (χ0v) is 8.94. The van der Waals surface area contributed by atoms with Gasteiger partial charge in [-0.15, -0.1) is 0 Å². The van der Waals surface area contributed by atoms with Crippen molar-refractivity contribution in [2.24, 2.45) is 5.84 Å². The standard InChI is InChI=1S/C13H10N2O2/c14-15-13(16)11-7-9-6-5-8-3-1-2-4-10(8)12(9)17-11/h1-7H,14H2,(H,15,16). The average Bonchev–Trinajstić information content (AvgIpc) is 2.82. The number of fused-ring (bicyclic) bond motifs is 3. The molecule has 0 aliphatic rings. The van der Waals surface area contributed by atoms with E-state index in [1.807, 2.05) is 36.4 Å². The highest BCUT2D eigenvalue weighted by molar-refractivity contribution is 6.06. The summed E-state index contributed by atoms with van der Waals surface area (Å²) in [6.07, 6.45) is 0. The SMILES string of the molecule is NNC(=O)c1cc2ccc3ccccc3c2o1. The zero-order valence-electron chi connectivity index (χ0n) is 8.94. The van der Waals surface area contributed by atoms with Gasteiger partial charge in [0.1, 0.15) is 5.58 Å². The third-order valence-corrected chi connectivity index (χ3v) is 2.76. The predicted octanol–water partition coefficient (Wildman–Crippen LogP) is 2.19. The molecular weight excluding hydrogens is 216 g/mol. The fourth-order valence-electron chi connectivity index (χ4n) is 1.95. The van der Waals surface area contributed by atoms with Gasteiger partial charge >= 0.3 is 5.91 Å². The molecule has 17 heavy (non-hydrogen) atoms. The van der Waals surface area contributed by atoms with E-state index < -0.39 is 5.91 Å². The van der Waals surface area contributed by atoms with Crippen molar-refractivity contribution in [3.63, 3.8) is 0 Å². The number of rotatable bonds is 1. The maximum absolute atomic E-state index is 11.4. The molecule has 0 saturated carbocycles. The van der Waals surface area contributed by atoms with Gasteiger partial charge in [-0.1, -0.05) is 36.4 Å². The first kappa shape index (κ1) is 9.86. The van der Waals surface area contributed by atoms with Crippen LogP contribution in [0.15, 0.2) is 46.9 Å². The van der Waals surface area contributed by atoms with Gasteiger partial charge in [0, 0.05) is 10.8 Å². The summed E-state index contributed by atoms with van der Waals surface area (Å²) in [5.41, 5.74) is 2.77. The van der Waals surface area contributed by atoms with Crippen LogP contribution >= 0.6 is 0 Å². The molecule has 3 rings (SSSR count). The summed E-state index contributed by atoms with van der Waals surface area (Å²) >= 11 is 0. The maximum atomic E-state index is 11.4. The number of amides is 1. The molecule has 4 nitrogen and oxygen atoms in total. The van der Waals surface area contributed by atoms with Gasteiger partial charge in [-0.05, 0) is 11.5 Å². The quantitative estimate of drug-likeness (QED) is 0.379. The summed E-state index contributed by atoms with van der Waals surface area (Å²) in [4.78, 5) is 11.4. The second kappa shape index (κ2) is 3.61. The fourth-order valence-corrected chi connectivity index (χ4v) is 1.95. The molecule has 1 heterocycles. The van der Waals surface area contributed by atoms with Gasteiger partial charge in [0.15, 0.2) is 5.76 Å². The molecule has 0 bridgehead atoms. The molecule has 2 aromatic carbocycles. The van der Waals surface area contributed by atoms with Crippen molar-refractivity contribution in [2.45, 2.75) is 0 Å². The number of hydrogen-bond donors (Lipinski definition) is 2. The summed E-state index contributed by atoms with van der Waals surface area (Å²) in [6.45, 7) is 0. The van der Waals surface area contributed by atoms with Crippen molar-refractivity contribution in [1.29, 1.82) is 0 Å². The molecule has 3 N–H and O–H groups in total. The van der Waals surface area contributed by atoms with Gasteiger partial charge in [0.05, 0.1) is 0 Å². The lowest BCUT2D eigenvalue weighted by atomic mass is 10.1. The lowest BCUT2D eigenvalue weighted by Gasteiger charge is -1.97. The summed E-state index contributed by atoms with van der Waals surface area (Å²) in [5.74, 6) is 4.87. The number of nitrogen functional groups attached to an aromatic ring is 1. The summed E-state index contributed by atoms with van der Waals surface area (Å²) in [6, 6.07) is 13.5. The van der Waals surface area contributed by atoms with Crippen molar-refractivity contribution < 1.29 is 9.21 Å². The van der Waals surface area contributed by atoms with Gasteiger partial charge in [-0.3, -0.25) is 10.2 Å². The van der Waals surface area contributed by atoms with Crippen LogP contribution in [-0.2, 0) is 0 Å². The van der Waals surface area contributed by atoms with E-state index in [-0.39, 0.29) is 5.76 Å². The topological polar surface area (TPSA) is 68.3 Å². The predicted molar refractivity (Wildman–Crippen MR) is 65.4 cm³/mol. The van der Waals surface area contributed by atoms with E-state index in [1.165, 1.54) is 0 Å². The van der Waals surface area contributed by atoms with E-state index in [0.29, 0.717) is 5.58 Å².